The maximum atomic E-state index is 6.05. The molecular weight excluding hydrogens is 653 g/mol. The second kappa shape index (κ2) is 26.3. The van der Waals surface area contributed by atoms with E-state index in [2.05, 4.69) is 111 Å². The average Bonchev–Trinajstić information content (AvgIpc) is 3.20. The van der Waals surface area contributed by atoms with Crippen LogP contribution in [0.5, 0.6) is 0 Å². The molecule has 2 unspecified atom stereocenters. The van der Waals surface area contributed by atoms with E-state index in [0.29, 0.717) is 11.8 Å². The lowest BCUT2D eigenvalue weighted by Crippen LogP contribution is -2.02. The van der Waals surface area contributed by atoms with E-state index in [9.17, 15) is 0 Å². The second-order valence-corrected chi connectivity index (χ2v) is 16.4. The fraction of sp³-hybridized carbons (Fsp3) is 0.538. The molecule has 2 atom stereocenters. The van der Waals surface area contributed by atoms with Gasteiger partial charge in [0.2, 0.25) is 0 Å². The minimum absolute atomic E-state index is 0.451. The fourth-order valence-corrected chi connectivity index (χ4v) is 8.32. The zero-order valence-corrected chi connectivity index (χ0v) is 34.5. The van der Waals surface area contributed by atoms with Gasteiger partial charge >= 0.3 is 0 Å². The van der Waals surface area contributed by atoms with E-state index in [1.807, 2.05) is 0 Å². The maximum absolute atomic E-state index is 6.05. The summed E-state index contributed by atoms with van der Waals surface area (Å²) in [6.45, 7) is 4.59. The Bertz CT molecular complexity index is 1370. The monoisotopic (exact) mass is 729 g/mol. The van der Waals surface area contributed by atoms with Crippen molar-refractivity contribution >= 4 is 11.4 Å². The minimum Gasteiger partial charge on any atom is -0.399 e. The third-order valence-corrected chi connectivity index (χ3v) is 11.8. The molecule has 0 heterocycles. The van der Waals surface area contributed by atoms with Crippen molar-refractivity contribution in [1.29, 1.82) is 0 Å². The number of nitrogen functional groups attached to an aromatic ring is 2. The molecule has 0 spiro atoms. The van der Waals surface area contributed by atoms with Crippen LogP contribution in [0.15, 0.2) is 97.1 Å². The number of rotatable bonds is 29. The SMILES string of the molecule is CCCCCCCCCCC(c1ccc(N)cc1)c1ccc(CCCCCCc2ccc(C(CCCCCCCCCC)c3ccc(N)cc3)cc2)cc1. The van der Waals surface area contributed by atoms with Crippen molar-refractivity contribution in [3.63, 3.8) is 0 Å². The van der Waals surface area contributed by atoms with Crippen molar-refractivity contribution in [3.05, 3.63) is 130 Å². The second-order valence-electron chi connectivity index (χ2n) is 16.4. The fourth-order valence-electron chi connectivity index (χ4n) is 8.32. The van der Waals surface area contributed by atoms with E-state index in [1.165, 1.54) is 187 Å². The Kier molecular flexibility index (Phi) is 21.1. The van der Waals surface area contributed by atoms with Gasteiger partial charge in [-0.15, -0.1) is 0 Å². The normalized spacial score (nSPS) is 12.6. The molecule has 0 amide bonds. The molecule has 0 aliphatic heterocycles. The topological polar surface area (TPSA) is 52.0 Å². The Labute approximate surface area is 332 Å². The van der Waals surface area contributed by atoms with Crippen LogP contribution >= 0.6 is 0 Å². The Morgan fingerprint density at radius 2 is 0.574 bits per heavy atom. The molecule has 0 bridgehead atoms. The van der Waals surface area contributed by atoms with Gasteiger partial charge in [-0.1, -0.05) is 202 Å². The molecule has 0 saturated heterocycles. The highest BCUT2D eigenvalue weighted by molar-refractivity contribution is 5.44. The molecule has 2 heteroatoms. The van der Waals surface area contributed by atoms with Gasteiger partial charge in [-0.2, -0.15) is 0 Å². The molecule has 294 valence electrons. The van der Waals surface area contributed by atoms with Crippen LogP contribution in [0.25, 0.3) is 0 Å². The number of anilines is 2. The van der Waals surface area contributed by atoms with Gasteiger partial charge in [-0.25, -0.2) is 0 Å². The molecule has 4 rings (SSSR count). The first-order chi connectivity index (χ1) is 26.6. The van der Waals surface area contributed by atoms with E-state index in [4.69, 9.17) is 11.5 Å². The zero-order chi connectivity index (χ0) is 38.1. The minimum atomic E-state index is 0.451. The van der Waals surface area contributed by atoms with Gasteiger partial charge in [0.05, 0.1) is 0 Å². The van der Waals surface area contributed by atoms with Crippen molar-refractivity contribution in [2.75, 3.05) is 11.5 Å². The van der Waals surface area contributed by atoms with Crippen LogP contribution in [0.1, 0.15) is 200 Å². The van der Waals surface area contributed by atoms with E-state index in [1.54, 1.807) is 0 Å². The Morgan fingerprint density at radius 1 is 0.315 bits per heavy atom. The summed E-state index contributed by atoms with van der Waals surface area (Å²) in [6, 6.07) is 36.4. The summed E-state index contributed by atoms with van der Waals surface area (Å²) in [5.41, 5.74) is 22.4. The van der Waals surface area contributed by atoms with E-state index < -0.39 is 0 Å². The largest absolute Gasteiger partial charge is 0.399 e. The Morgan fingerprint density at radius 3 is 0.889 bits per heavy atom. The molecule has 0 aromatic heterocycles. The number of benzene rings is 4. The van der Waals surface area contributed by atoms with Gasteiger partial charge in [0, 0.05) is 23.2 Å². The van der Waals surface area contributed by atoms with Crippen LogP contribution in [0.2, 0.25) is 0 Å². The van der Waals surface area contributed by atoms with Crippen molar-refractivity contribution in [2.45, 2.75) is 180 Å². The quantitative estimate of drug-likeness (QED) is 0.0432. The lowest BCUT2D eigenvalue weighted by atomic mass is 9.86. The highest BCUT2D eigenvalue weighted by atomic mass is 14.5. The summed E-state index contributed by atoms with van der Waals surface area (Å²) in [4.78, 5) is 0. The smallest absolute Gasteiger partial charge is 0.0314 e. The van der Waals surface area contributed by atoms with E-state index in [-0.39, 0.29) is 0 Å². The summed E-state index contributed by atoms with van der Waals surface area (Å²) in [5, 5.41) is 0. The summed E-state index contributed by atoms with van der Waals surface area (Å²) >= 11 is 0. The third-order valence-electron chi connectivity index (χ3n) is 11.8. The average molecular weight is 729 g/mol. The molecule has 0 aliphatic rings. The van der Waals surface area contributed by atoms with Crippen LogP contribution in [0, 0.1) is 0 Å². The summed E-state index contributed by atoms with van der Waals surface area (Å²) < 4.78 is 0. The third kappa shape index (κ3) is 16.5. The first-order valence-electron chi connectivity index (χ1n) is 22.5. The van der Waals surface area contributed by atoms with Crippen LogP contribution in [-0.2, 0) is 12.8 Å². The first kappa shape index (κ1) is 43.2. The van der Waals surface area contributed by atoms with Crippen molar-refractivity contribution in [3.8, 4) is 0 Å². The molecular formula is C52H76N2. The number of unbranched alkanes of at least 4 members (excludes halogenated alkanes) is 17. The lowest BCUT2D eigenvalue weighted by molar-refractivity contribution is 0.551. The van der Waals surface area contributed by atoms with Gasteiger partial charge < -0.3 is 11.5 Å². The standard InChI is InChI=1S/C52H76N2/c1-3-5-7-9-11-13-15-21-25-51(47-35-39-49(53)40-36-47)45-31-27-43(28-32-45)23-19-17-18-20-24-44-29-33-46(34-30-44)52(48-37-41-50(54)42-38-48)26-22-16-14-12-10-8-6-4-2/h27-42,51-52H,3-26,53-54H2,1-2H3. The highest BCUT2D eigenvalue weighted by Gasteiger charge is 2.16. The van der Waals surface area contributed by atoms with Crippen molar-refractivity contribution in [2.24, 2.45) is 0 Å². The van der Waals surface area contributed by atoms with E-state index >= 15 is 0 Å². The predicted octanol–water partition coefficient (Wildman–Crippen LogP) is 15.5. The maximum Gasteiger partial charge on any atom is 0.0314 e. The van der Waals surface area contributed by atoms with Gasteiger partial charge in [0.25, 0.3) is 0 Å². The van der Waals surface area contributed by atoms with Gasteiger partial charge in [0.15, 0.2) is 0 Å². The summed E-state index contributed by atoms with van der Waals surface area (Å²) in [6.07, 6.45) is 31.7. The number of hydrogen-bond donors (Lipinski definition) is 2. The molecule has 0 fully saturated rings. The molecule has 54 heavy (non-hydrogen) atoms. The number of nitrogens with two attached hydrogens (primary N) is 2. The van der Waals surface area contributed by atoms with Crippen LogP contribution in [-0.4, -0.2) is 0 Å². The Balaban J connectivity index is 1.18. The van der Waals surface area contributed by atoms with Crippen LogP contribution in [0.4, 0.5) is 11.4 Å². The van der Waals surface area contributed by atoms with Crippen molar-refractivity contribution in [1.82, 2.24) is 0 Å². The predicted molar refractivity (Wildman–Crippen MR) is 239 cm³/mol. The number of aryl methyl sites for hydroxylation is 2. The van der Waals surface area contributed by atoms with Gasteiger partial charge in [-0.05, 0) is 96.2 Å². The van der Waals surface area contributed by atoms with E-state index in [0.717, 1.165) is 11.4 Å². The lowest BCUT2D eigenvalue weighted by Gasteiger charge is -2.19. The molecule has 2 nitrogen and oxygen atoms in total. The van der Waals surface area contributed by atoms with Crippen LogP contribution in [0.3, 0.4) is 0 Å². The molecule has 4 aromatic rings. The molecule has 0 aliphatic carbocycles. The van der Waals surface area contributed by atoms with Crippen LogP contribution < -0.4 is 11.5 Å². The van der Waals surface area contributed by atoms with Crippen molar-refractivity contribution < 1.29 is 0 Å². The van der Waals surface area contributed by atoms with Gasteiger partial charge in [-0.3, -0.25) is 0 Å². The number of hydrogen-bond acceptors (Lipinski definition) is 2. The molecule has 0 saturated carbocycles. The van der Waals surface area contributed by atoms with Gasteiger partial charge in [0.1, 0.15) is 0 Å². The molecule has 4 aromatic carbocycles. The zero-order valence-electron chi connectivity index (χ0n) is 34.5. The first-order valence-corrected chi connectivity index (χ1v) is 22.5. The highest BCUT2D eigenvalue weighted by Crippen LogP contribution is 2.33. The summed E-state index contributed by atoms with van der Waals surface area (Å²) in [7, 11) is 0. The summed E-state index contributed by atoms with van der Waals surface area (Å²) in [5.74, 6) is 0.902. The Hall–Kier alpha value is -3.52. The molecule has 0 radical (unpaired) electrons. The molecule has 4 N–H and O–H groups in total.